The second kappa shape index (κ2) is 9.23. The first-order valence-corrected chi connectivity index (χ1v) is 12.5. The number of fused-ring (bicyclic) bond motifs is 1. The first-order valence-electron chi connectivity index (χ1n) is 11.0. The van der Waals surface area contributed by atoms with Gasteiger partial charge in [-0.2, -0.15) is 10.1 Å². The van der Waals surface area contributed by atoms with Crippen LogP contribution in [0.5, 0.6) is 0 Å². The number of aromatic nitrogens is 6. The molecule has 0 spiro atoms. The lowest BCUT2D eigenvalue weighted by molar-refractivity contribution is 0.601. The van der Waals surface area contributed by atoms with Crippen LogP contribution in [0.3, 0.4) is 0 Å². The fraction of sp³-hybridized carbons (Fsp3) is 0.125. The number of nitrogens with zero attached hydrogens (tertiary/aromatic N) is 6. The minimum absolute atomic E-state index is 0.0206. The van der Waals surface area contributed by atoms with E-state index in [4.69, 9.17) is 0 Å². The molecular formula is C24H23N9O2S. The zero-order chi connectivity index (χ0) is 25.3. The number of benzene rings is 2. The SMILES string of the molecule is Cc1ccnc(NS(=O)(=O)c2ccc(Nc3nccc(Nc4ccc5c(C)n(C)nc5c4)n3)cc2)n1. The molecule has 0 bridgehead atoms. The Hall–Kier alpha value is -4.58. The molecule has 0 unspecified atom stereocenters. The van der Waals surface area contributed by atoms with Crippen molar-refractivity contribution >= 4 is 50.0 Å². The van der Waals surface area contributed by atoms with Gasteiger partial charge in [-0.25, -0.2) is 28.1 Å². The number of rotatable bonds is 7. The van der Waals surface area contributed by atoms with Crippen LogP contribution in [0.2, 0.25) is 0 Å². The fourth-order valence-electron chi connectivity index (χ4n) is 3.57. The molecule has 0 radical (unpaired) electrons. The van der Waals surface area contributed by atoms with E-state index in [1.165, 1.54) is 18.3 Å². The van der Waals surface area contributed by atoms with Crippen molar-refractivity contribution in [3.8, 4) is 0 Å². The van der Waals surface area contributed by atoms with Crippen LogP contribution in [0.1, 0.15) is 11.4 Å². The summed E-state index contributed by atoms with van der Waals surface area (Å²) in [4.78, 5) is 16.8. The van der Waals surface area contributed by atoms with E-state index >= 15 is 0 Å². The van der Waals surface area contributed by atoms with Crippen molar-refractivity contribution in [2.75, 3.05) is 15.4 Å². The fourth-order valence-corrected chi connectivity index (χ4v) is 4.52. The molecule has 5 aromatic rings. The van der Waals surface area contributed by atoms with E-state index in [9.17, 15) is 8.42 Å². The molecule has 0 amide bonds. The lowest BCUT2D eigenvalue weighted by atomic mass is 10.2. The number of hydrogen-bond acceptors (Lipinski definition) is 9. The van der Waals surface area contributed by atoms with Gasteiger partial charge in [0.05, 0.1) is 10.4 Å². The smallest absolute Gasteiger partial charge is 0.264 e. The third-order valence-corrected chi connectivity index (χ3v) is 6.84. The highest BCUT2D eigenvalue weighted by molar-refractivity contribution is 7.92. The van der Waals surface area contributed by atoms with Gasteiger partial charge in [0, 0.05) is 47.6 Å². The molecule has 0 saturated carbocycles. The number of nitrogens with one attached hydrogen (secondary N) is 3. The first kappa shape index (κ1) is 23.2. The largest absolute Gasteiger partial charge is 0.340 e. The molecule has 0 aliphatic rings. The van der Waals surface area contributed by atoms with E-state index in [2.05, 4.69) is 40.4 Å². The summed E-state index contributed by atoms with van der Waals surface area (Å²) in [6.45, 7) is 3.79. The van der Waals surface area contributed by atoms with E-state index in [1.807, 2.05) is 36.9 Å². The predicted molar refractivity (Wildman–Crippen MR) is 138 cm³/mol. The second-order valence-electron chi connectivity index (χ2n) is 8.11. The van der Waals surface area contributed by atoms with Crippen molar-refractivity contribution in [3.63, 3.8) is 0 Å². The van der Waals surface area contributed by atoms with E-state index < -0.39 is 10.0 Å². The van der Waals surface area contributed by atoms with Gasteiger partial charge in [-0.05, 0) is 68.4 Å². The quantitative estimate of drug-likeness (QED) is 0.301. The highest BCUT2D eigenvalue weighted by Gasteiger charge is 2.16. The molecule has 0 saturated heterocycles. The molecule has 5 rings (SSSR count). The molecule has 182 valence electrons. The van der Waals surface area contributed by atoms with Crippen molar-refractivity contribution in [3.05, 3.63) is 78.4 Å². The number of aryl methyl sites for hydroxylation is 3. The number of hydrogen-bond donors (Lipinski definition) is 3. The maximum atomic E-state index is 12.7. The van der Waals surface area contributed by atoms with Gasteiger partial charge in [-0.3, -0.25) is 4.68 Å². The summed E-state index contributed by atoms with van der Waals surface area (Å²) in [7, 11) is -1.91. The van der Waals surface area contributed by atoms with Crippen molar-refractivity contribution in [1.82, 2.24) is 29.7 Å². The van der Waals surface area contributed by atoms with Crippen LogP contribution in [0.4, 0.5) is 29.1 Å². The van der Waals surface area contributed by atoms with Gasteiger partial charge in [0.25, 0.3) is 10.0 Å². The first-order chi connectivity index (χ1) is 17.3. The standard InChI is InChI=1S/C24H23N9O2S/c1-15-10-12-26-24(27-15)32-36(34,35)19-7-4-17(5-8-19)29-23-25-13-11-22(30-23)28-18-6-9-20-16(2)33(3)31-21(20)14-18/h4-14H,1-3H3,(H,26,27,32)(H2,25,28,29,30). The monoisotopic (exact) mass is 501 g/mol. The Labute approximate surface area is 207 Å². The maximum absolute atomic E-state index is 12.7. The third kappa shape index (κ3) is 4.93. The molecule has 0 atom stereocenters. The average Bonchev–Trinajstić information content (AvgIpc) is 3.12. The number of anilines is 5. The molecule has 11 nitrogen and oxygen atoms in total. The van der Waals surface area contributed by atoms with E-state index in [1.54, 1.807) is 37.4 Å². The summed E-state index contributed by atoms with van der Waals surface area (Å²) in [5, 5.41) is 12.0. The zero-order valence-electron chi connectivity index (χ0n) is 19.8. The summed E-state index contributed by atoms with van der Waals surface area (Å²) in [6, 6.07) is 15.6. The van der Waals surface area contributed by atoms with Gasteiger partial charge in [0.2, 0.25) is 11.9 Å². The van der Waals surface area contributed by atoms with Crippen LogP contribution >= 0.6 is 0 Å². The van der Waals surface area contributed by atoms with Crippen molar-refractivity contribution in [2.45, 2.75) is 18.7 Å². The summed E-state index contributed by atoms with van der Waals surface area (Å²) < 4.78 is 29.5. The summed E-state index contributed by atoms with van der Waals surface area (Å²) in [6.07, 6.45) is 3.12. The Morgan fingerprint density at radius 2 is 1.53 bits per heavy atom. The van der Waals surface area contributed by atoms with Crippen LogP contribution in [0.25, 0.3) is 10.9 Å². The third-order valence-electron chi connectivity index (χ3n) is 5.50. The predicted octanol–water partition coefficient (Wildman–Crippen LogP) is 4.06. The normalized spacial score (nSPS) is 11.4. The Morgan fingerprint density at radius 1 is 0.806 bits per heavy atom. The van der Waals surface area contributed by atoms with Gasteiger partial charge in [0.15, 0.2) is 0 Å². The van der Waals surface area contributed by atoms with Gasteiger partial charge >= 0.3 is 0 Å². The lowest BCUT2D eigenvalue weighted by Crippen LogP contribution is -2.15. The highest BCUT2D eigenvalue weighted by atomic mass is 32.2. The molecule has 36 heavy (non-hydrogen) atoms. The van der Waals surface area contributed by atoms with Crippen LogP contribution in [0, 0.1) is 13.8 Å². The Balaban J connectivity index is 1.28. The summed E-state index contributed by atoms with van der Waals surface area (Å²) in [5.74, 6) is 0.977. The molecule has 3 N–H and O–H groups in total. The molecule has 0 aliphatic heterocycles. The Kier molecular flexibility index (Phi) is 5.94. The van der Waals surface area contributed by atoms with Gasteiger partial charge in [-0.15, -0.1) is 0 Å². The Bertz CT molecular complexity index is 1670. The van der Waals surface area contributed by atoms with Gasteiger partial charge in [0.1, 0.15) is 5.82 Å². The molecule has 3 heterocycles. The summed E-state index contributed by atoms with van der Waals surface area (Å²) >= 11 is 0. The molecule has 2 aromatic carbocycles. The van der Waals surface area contributed by atoms with Crippen LogP contribution in [0.15, 0.2) is 71.9 Å². The molecule has 12 heteroatoms. The molecular weight excluding hydrogens is 478 g/mol. The lowest BCUT2D eigenvalue weighted by Gasteiger charge is -2.10. The molecule has 0 aliphatic carbocycles. The maximum Gasteiger partial charge on any atom is 0.264 e. The van der Waals surface area contributed by atoms with Crippen molar-refractivity contribution in [2.24, 2.45) is 7.05 Å². The average molecular weight is 502 g/mol. The van der Waals surface area contributed by atoms with E-state index in [0.717, 1.165) is 22.3 Å². The minimum atomic E-state index is -3.83. The van der Waals surface area contributed by atoms with Crippen molar-refractivity contribution < 1.29 is 8.42 Å². The zero-order valence-corrected chi connectivity index (χ0v) is 20.6. The van der Waals surface area contributed by atoms with Gasteiger partial charge in [-0.1, -0.05) is 0 Å². The number of sulfonamides is 1. The van der Waals surface area contributed by atoms with E-state index in [-0.39, 0.29) is 10.8 Å². The van der Waals surface area contributed by atoms with E-state index in [0.29, 0.717) is 23.1 Å². The molecule has 0 fully saturated rings. The molecule has 3 aromatic heterocycles. The summed E-state index contributed by atoms with van der Waals surface area (Å²) in [5.41, 5.74) is 4.13. The van der Waals surface area contributed by atoms with Crippen LogP contribution in [-0.4, -0.2) is 38.1 Å². The van der Waals surface area contributed by atoms with Gasteiger partial charge < -0.3 is 10.6 Å². The highest BCUT2D eigenvalue weighted by Crippen LogP contribution is 2.24. The Morgan fingerprint density at radius 3 is 2.31 bits per heavy atom. The second-order valence-corrected chi connectivity index (χ2v) is 9.79. The van der Waals surface area contributed by atoms with Crippen molar-refractivity contribution in [1.29, 1.82) is 0 Å². The van der Waals surface area contributed by atoms with Crippen LogP contribution in [-0.2, 0) is 17.1 Å². The van der Waals surface area contributed by atoms with Crippen LogP contribution < -0.4 is 15.4 Å². The topological polar surface area (TPSA) is 140 Å². The minimum Gasteiger partial charge on any atom is -0.340 e.